The molecule has 0 aromatic heterocycles. The molecule has 2 unspecified atom stereocenters. The minimum absolute atomic E-state index is 0.357. The van der Waals surface area contributed by atoms with E-state index in [1.165, 1.54) is 24.2 Å². The average molecular weight is 340 g/mol. The molecule has 4 heteroatoms. The Hall–Kier alpha value is -0.580. The molecule has 0 saturated carbocycles. The molecule has 1 N–H and O–H groups in total. The number of hydrogen-bond donors (Lipinski definition) is 1. The zero-order valence-corrected chi connectivity index (χ0v) is 14.6. The Morgan fingerprint density at radius 1 is 1.35 bits per heavy atom. The van der Waals surface area contributed by atoms with Crippen LogP contribution in [0.5, 0.6) is 0 Å². The molecule has 112 valence electrons. The van der Waals surface area contributed by atoms with Crippen molar-refractivity contribution >= 4 is 21.6 Å². The third kappa shape index (κ3) is 3.54. The zero-order chi connectivity index (χ0) is 14.7. The van der Waals surface area contributed by atoms with Gasteiger partial charge in [-0.15, -0.1) is 0 Å². The van der Waals surface area contributed by atoms with Crippen LogP contribution in [0, 0.1) is 0 Å². The summed E-state index contributed by atoms with van der Waals surface area (Å²) >= 11 is 3.60. The molecule has 3 nitrogen and oxygen atoms in total. The van der Waals surface area contributed by atoms with Gasteiger partial charge in [0.25, 0.3) is 0 Å². The van der Waals surface area contributed by atoms with E-state index < -0.39 is 0 Å². The summed E-state index contributed by atoms with van der Waals surface area (Å²) in [5.41, 5.74) is 2.75. The fraction of sp³-hybridized carbons (Fsp3) is 0.625. The summed E-state index contributed by atoms with van der Waals surface area (Å²) in [5, 5.41) is 3.37. The Labute approximate surface area is 131 Å². The molecule has 1 aromatic rings. The van der Waals surface area contributed by atoms with Crippen molar-refractivity contribution in [2.45, 2.75) is 32.4 Å². The first-order valence-corrected chi connectivity index (χ1v) is 8.24. The largest absolute Gasteiger partial charge is 0.367 e. The van der Waals surface area contributed by atoms with Gasteiger partial charge in [0.2, 0.25) is 0 Å². The normalized spacial score (nSPS) is 22.6. The Morgan fingerprint density at radius 2 is 2.10 bits per heavy atom. The second-order valence-electron chi connectivity index (χ2n) is 5.87. The lowest BCUT2D eigenvalue weighted by atomic mass is 10.0. The molecule has 2 atom stereocenters. The molecule has 1 aliphatic rings. The summed E-state index contributed by atoms with van der Waals surface area (Å²) in [6.07, 6.45) is 1.23. The van der Waals surface area contributed by atoms with Gasteiger partial charge in [-0.2, -0.15) is 0 Å². The molecule has 1 aromatic carbocycles. The smallest absolute Gasteiger partial charge is 0.0418 e. The Kier molecular flexibility index (Phi) is 5.47. The van der Waals surface area contributed by atoms with Crippen molar-refractivity contribution < 1.29 is 0 Å². The highest BCUT2D eigenvalue weighted by Gasteiger charge is 2.23. The van der Waals surface area contributed by atoms with Crippen molar-refractivity contribution in [2.24, 2.45) is 0 Å². The van der Waals surface area contributed by atoms with Gasteiger partial charge in [0.15, 0.2) is 0 Å². The summed E-state index contributed by atoms with van der Waals surface area (Å²) in [5.74, 6) is 0. The predicted molar refractivity (Wildman–Crippen MR) is 90.5 cm³/mol. The second-order valence-corrected chi connectivity index (χ2v) is 6.79. The number of hydrogen-bond acceptors (Lipinski definition) is 3. The predicted octanol–water partition coefficient (Wildman–Crippen LogP) is 3.26. The van der Waals surface area contributed by atoms with Crippen LogP contribution in [0.3, 0.4) is 0 Å². The molecule has 0 radical (unpaired) electrons. The van der Waals surface area contributed by atoms with Crippen molar-refractivity contribution in [3.63, 3.8) is 0 Å². The van der Waals surface area contributed by atoms with Crippen LogP contribution in [-0.2, 0) is 0 Å². The molecule has 1 heterocycles. The van der Waals surface area contributed by atoms with E-state index in [1.807, 2.05) is 7.05 Å². The molecule has 0 bridgehead atoms. The van der Waals surface area contributed by atoms with Gasteiger partial charge in [-0.25, -0.2) is 0 Å². The van der Waals surface area contributed by atoms with Crippen molar-refractivity contribution in [1.82, 2.24) is 10.2 Å². The highest BCUT2D eigenvalue weighted by atomic mass is 79.9. The maximum atomic E-state index is 3.60. The van der Waals surface area contributed by atoms with E-state index in [4.69, 9.17) is 0 Å². The number of nitrogens with zero attached hydrogens (tertiary/aromatic N) is 2. The van der Waals surface area contributed by atoms with Crippen LogP contribution in [-0.4, -0.2) is 44.7 Å². The summed E-state index contributed by atoms with van der Waals surface area (Å²) < 4.78 is 1.15. The van der Waals surface area contributed by atoms with Crippen molar-refractivity contribution in [2.75, 3.05) is 38.6 Å². The first kappa shape index (κ1) is 15.8. The van der Waals surface area contributed by atoms with E-state index >= 15 is 0 Å². The van der Waals surface area contributed by atoms with E-state index in [9.17, 15) is 0 Å². The second kappa shape index (κ2) is 6.92. The van der Waals surface area contributed by atoms with E-state index in [2.05, 4.69) is 70.1 Å². The number of rotatable bonds is 3. The Balaban J connectivity index is 2.35. The van der Waals surface area contributed by atoms with Crippen LogP contribution in [0.2, 0.25) is 0 Å². The quantitative estimate of drug-likeness (QED) is 0.911. The SMILES string of the molecule is CNC(C)c1cc(Br)ccc1N1CCCN(C)CC1C. The number of nitrogens with one attached hydrogen (secondary N) is 1. The number of halogens is 1. The Morgan fingerprint density at radius 3 is 2.80 bits per heavy atom. The lowest BCUT2D eigenvalue weighted by Crippen LogP contribution is -2.38. The molecule has 0 amide bonds. The topological polar surface area (TPSA) is 18.5 Å². The average Bonchev–Trinajstić information content (AvgIpc) is 2.58. The minimum Gasteiger partial charge on any atom is -0.367 e. The monoisotopic (exact) mass is 339 g/mol. The fourth-order valence-electron chi connectivity index (χ4n) is 3.02. The molecular weight excluding hydrogens is 314 g/mol. The summed E-state index contributed by atoms with van der Waals surface area (Å²) in [7, 11) is 4.24. The van der Waals surface area contributed by atoms with Crippen LogP contribution in [0.4, 0.5) is 5.69 Å². The molecule has 1 saturated heterocycles. The van der Waals surface area contributed by atoms with Gasteiger partial charge in [0.05, 0.1) is 0 Å². The minimum atomic E-state index is 0.357. The van der Waals surface area contributed by atoms with Crippen LogP contribution >= 0.6 is 15.9 Å². The maximum absolute atomic E-state index is 3.60. The molecule has 2 rings (SSSR count). The first-order chi connectivity index (χ1) is 9.52. The standard InChI is InChI=1S/C16H26BrN3/c1-12-11-19(4)8-5-9-20(12)16-7-6-14(17)10-15(16)13(2)18-3/h6-7,10,12-13,18H,5,8-9,11H2,1-4H3. The van der Waals surface area contributed by atoms with Crippen LogP contribution < -0.4 is 10.2 Å². The van der Waals surface area contributed by atoms with Gasteiger partial charge in [-0.3, -0.25) is 0 Å². The van der Waals surface area contributed by atoms with Crippen LogP contribution in [0.25, 0.3) is 0 Å². The van der Waals surface area contributed by atoms with Gasteiger partial charge >= 0.3 is 0 Å². The van der Waals surface area contributed by atoms with Crippen LogP contribution in [0.15, 0.2) is 22.7 Å². The molecule has 1 aliphatic heterocycles. The van der Waals surface area contributed by atoms with Gasteiger partial charge in [-0.05, 0) is 64.7 Å². The van der Waals surface area contributed by atoms with Crippen molar-refractivity contribution in [3.8, 4) is 0 Å². The summed E-state index contributed by atoms with van der Waals surface area (Å²) in [6.45, 7) is 8.01. The fourth-order valence-corrected chi connectivity index (χ4v) is 3.40. The molecule has 0 spiro atoms. The van der Waals surface area contributed by atoms with Gasteiger partial charge < -0.3 is 15.1 Å². The molecular formula is C16H26BrN3. The number of anilines is 1. The Bertz CT molecular complexity index is 449. The van der Waals surface area contributed by atoms with Crippen LogP contribution in [0.1, 0.15) is 31.9 Å². The maximum Gasteiger partial charge on any atom is 0.0418 e. The van der Waals surface area contributed by atoms with E-state index in [1.54, 1.807) is 0 Å². The lowest BCUT2D eigenvalue weighted by molar-refractivity contribution is 0.337. The van der Waals surface area contributed by atoms with E-state index in [-0.39, 0.29) is 0 Å². The molecule has 20 heavy (non-hydrogen) atoms. The van der Waals surface area contributed by atoms with Crippen molar-refractivity contribution in [1.29, 1.82) is 0 Å². The van der Waals surface area contributed by atoms with E-state index in [0.29, 0.717) is 12.1 Å². The summed E-state index contributed by atoms with van der Waals surface area (Å²) in [6, 6.07) is 7.57. The lowest BCUT2D eigenvalue weighted by Gasteiger charge is -2.33. The van der Waals surface area contributed by atoms with Crippen molar-refractivity contribution in [3.05, 3.63) is 28.2 Å². The number of likely N-dealkylation sites (N-methyl/N-ethyl adjacent to an activating group) is 1. The van der Waals surface area contributed by atoms with Gasteiger partial charge in [-0.1, -0.05) is 15.9 Å². The third-order valence-corrected chi connectivity index (χ3v) is 4.74. The molecule has 0 aliphatic carbocycles. The highest BCUT2D eigenvalue weighted by molar-refractivity contribution is 9.10. The third-order valence-electron chi connectivity index (χ3n) is 4.25. The number of benzene rings is 1. The molecule has 1 fully saturated rings. The highest BCUT2D eigenvalue weighted by Crippen LogP contribution is 2.31. The first-order valence-electron chi connectivity index (χ1n) is 7.45. The van der Waals surface area contributed by atoms with E-state index in [0.717, 1.165) is 17.6 Å². The summed E-state index contributed by atoms with van der Waals surface area (Å²) in [4.78, 5) is 5.00. The van der Waals surface area contributed by atoms with Gasteiger partial charge in [0, 0.05) is 35.3 Å². The zero-order valence-electron chi connectivity index (χ0n) is 13.0. The van der Waals surface area contributed by atoms with Gasteiger partial charge in [0.1, 0.15) is 0 Å².